The molecule has 2 aromatic rings. The summed E-state index contributed by atoms with van der Waals surface area (Å²) in [5.74, 6) is 0.0358. The summed E-state index contributed by atoms with van der Waals surface area (Å²) >= 11 is 1.82. The van der Waals surface area contributed by atoms with Crippen LogP contribution in [0.3, 0.4) is 0 Å². The Morgan fingerprint density at radius 2 is 1.88 bits per heavy atom. The van der Waals surface area contributed by atoms with Crippen molar-refractivity contribution in [3.05, 3.63) is 58.3 Å². The second-order valence-electron chi connectivity index (χ2n) is 4.90. The van der Waals surface area contributed by atoms with E-state index in [0.717, 1.165) is 19.3 Å². The minimum atomic E-state index is -0.178. The summed E-state index contributed by atoms with van der Waals surface area (Å²) in [6.07, 6.45) is 3.15. The molecule has 0 atom stereocenters. The first-order chi connectivity index (χ1) is 11.1. The minimum absolute atomic E-state index is 0. The van der Waals surface area contributed by atoms with Gasteiger partial charge in [-0.3, -0.25) is 15.7 Å². The van der Waals surface area contributed by atoms with Gasteiger partial charge in [-0.1, -0.05) is 49.7 Å². The molecule has 0 radical (unpaired) electrons. The van der Waals surface area contributed by atoms with Crippen molar-refractivity contribution in [1.29, 1.82) is 5.41 Å². The number of aliphatic imine (C=N–C) groups is 1. The highest BCUT2D eigenvalue weighted by Gasteiger charge is 1.94. The lowest BCUT2D eigenvalue weighted by atomic mass is 10.1. The normalized spacial score (nSPS) is 10.1. The van der Waals surface area contributed by atoms with Crippen molar-refractivity contribution in [1.82, 2.24) is 5.32 Å². The molecule has 1 aromatic carbocycles. The number of thiophene rings is 1. The number of rotatable bonds is 5. The number of nitrogens with two attached hydrogens (primary N) is 2. The fourth-order valence-corrected chi connectivity index (χ4v) is 2.48. The van der Waals surface area contributed by atoms with Gasteiger partial charge in [0.25, 0.3) is 0 Å². The van der Waals surface area contributed by atoms with Crippen LogP contribution in [-0.4, -0.2) is 18.5 Å². The van der Waals surface area contributed by atoms with E-state index < -0.39 is 0 Å². The van der Waals surface area contributed by atoms with Gasteiger partial charge in [0.15, 0.2) is 11.9 Å². The summed E-state index contributed by atoms with van der Waals surface area (Å²) in [5.41, 5.74) is 11.7. The number of nitrogens with one attached hydrogen (secondary N) is 2. The molecular formula is C17H26ClN5S. The van der Waals surface area contributed by atoms with E-state index in [0.29, 0.717) is 6.54 Å². The third-order valence-corrected chi connectivity index (χ3v) is 3.73. The smallest absolute Gasteiger partial charge is 0.195 e. The maximum atomic E-state index is 6.81. The van der Waals surface area contributed by atoms with Gasteiger partial charge in [0.05, 0.1) is 0 Å². The number of benzene rings is 1. The molecule has 1 aromatic heterocycles. The highest BCUT2D eigenvalue weighted by atomic mass is 35.5. The summed E-state index contributed by atoms with van der Waals surface area (Å²) < 4.78 is 0. The Hall–Kier alpha value is -2.05. The largest absolute Gasteiger partial charge is 0.370 e. The zero-order valence-electron chi connectivity index (χ0n) is 13.9. The zero-order chi connectivity index (χ0) is 16.9. The number of guanidine groups is 2. The van der Waals surface area contributed by atoms with Crippen molar-refractivity contribution in [2.45, 2.75) is 26.2 Å². The van der Waals surface area contributed by atoms with E-state index in [-0.39, 0.29) is 24.3 Å². The summed E-state index contributed by atoms with van der Waals surface area (Å²) in [6, 6.07) is 14.8. The van der Waals surface area contributed by atoms with Crippen LogP contribution in [0, 0.1) is 5.41 Å². The van der Waals surface area contributed by atoms with E-state index in [1.165, 1.54) is 10.4 Å². The first-order valence-corrected chi connectivity index (χ1v) is 8.47. The molecule has 24 heavy (non-hydrogen) atoms. The summed E-state index contributed by atoms with van der Waals surface area (Å²) in [7, 11) is 0. The molecule has 5 nitrogen and oxygen atoms in total. The van der Waals surface area contributed by atoms with Crippen LogP contribution in [0.1, 0.15) is 30.2 Å². The van der Waals surface area contributed by atoms with Crippen LogP contribution in [0.15, 0.2) is 52.8 Å². The van der Waals surface area contributed by atoms with Crippen LogP contribution < -0.4 is 16.8 Å². The molecule has 1 heterocycles. The standard InChI is InChI=1S/C11H10S.C6H15N5.ClH/c1-2-5-10(6-3-1)9-11-7-4-8-12-11;1-2-3-4-10-6(9)11-5(7)8;/h1-8H,9H2;2-4H2,1H3,(H6,7,8,9,10,11);1H. The van der Waals surface area contributed by atoms with Crippen LogP contribution in [-0.2, 0) is 6.42 Å². The SMILES string of the molecule is CCCCN=C(N)NC(=N)N.Cl.c1ccc(Cc2cccs2)cc1. The third-order valence-electron chi connectivity index (χ3n) is 2.86. The van der Waals surface area contributed by atoms with Gasteiger partial charge in [0, 0.05) is 17.8 Å². The molecule has 7 heteroatoms. The topological polar surface area (TPSA) is 100 Å². The first-order valence-electron chi connectivity index (χ1n) is 7.59. The van der Waals surface area contributed by atoms with Crippen molar-refractivity contribution < 1.29 is 0 Å². The lowest BCUT2D eigenvalue weighted by Crippen LogP contribution is -2.40. The summed E-state index contributed by atoms with van der Waals surface area (Å²) in [6.45, 7) is 2.76. The van der Waals surface area contributed by atoms with Gasteiger partial charge < -0.3 is 11.5 Å². The molecule has 0 amide bonds. The van der Waals surface area contributed by atoms with Crippen molar-refractivity contribution in [2.75, 3.05) is 6.54 Å². The van der Waals surface area contributed by atoms with Crippen LogP contribution >= 0.6 is 23.7 Å². The quantitative estimate of drug-likeness (QED) is 0.370. The third kappa shape index (κ3) is 10.6. The Balaban J connectivity index is 0.000000426. The van der Waals surface area contributed by atoms with Gasteiger partial charge in [-0.05, 0) is 23.4 Å². The van der Waals surface area contributed by atoms with Gasteiger partial charge in [-0.25, -0.2) is 0 Å². The van der Waals surface area contributed by atoms with Crippen LogP contribution in [0.5, 0.6) is 0 Å². The van der Waals surface area contributed by atoms with E-state index in [9.17, 15) is 0 Å². The number of halogens is 1. The predicted molar refractivity (Wildman–Crippen MR) is 107 cm³/mol. The first kappa shape index (κ1) is 21.9. The molecule has 0 aliphatic rings. The fourth-order valence-electron chi connectivity index (χ4n) is 1.75. The predicted octanol–water partition coefficient (Wildman–Crippen LogP) is 3.34. The van der Waals surface area contributed by atoms with E-state index in [4.69, 9.17) is 16.9 Å². The number of nitrogens with zero attached hydrogens (tertiary/aromatic N) is 1. The average Bonchev–Trinajstić information content (AvgIpc) is 3.01. The van der Waals surface area contributed by atoms with Crippen molar-refractivity contribution >= 4 is 35.7 Å². The van der Waals surface area contributed by atoms with Crippen LogP contribution in [0.25, 0.3) is 0 Å². The Bertz CT molecular complexity index is 584. The molecule has 2 rings (SSSR count). The van der Waals surface area contributed by atoms with E-state index in [1.54, 1.807) is 0 Å². The zero-order valence-corrected chi connectivity index (χ0v) is 15.5. The molecule has 6 N–H and O–H groups in total. The molecule has 0 saturated heterocycles. The van der Waals surface area contributed by atoms with E-state index >= 15 is 0 Å². The van der Waals surface area contributed by atoms with Crippen molar-refractivity contribution in [2.24, 2.45) is 16.5 Å². The fraction of sp³-hybridized carbons (Fsp3) is 0.294. The van der Waals surface area contributed by atoms with Gasteiger partial charge in [0.2, 0.25) is 0 Å². The highest BCUT2D eigenvalue weighted by molar-refractivity contribution is 7.09. The summed E-state index contributed by atoms with van der Waals surface area (Å²) in [4.78, 5) is 5.35. The van der Waals surface area contributed by atoms with Crippen molar-refractivity contribution in [3.8, 4) is 0 Å². The van der Waals surface area contributed by atoms with Gasteiger partial charge in [-0.15, -0.1) is 23.7 Å². The van der Waals surface area contributed by atoms with Crippen molar-refractivity contribution in [3.63, 3.8) is 0 Å². The Kier molecular flexibility index (Phi) is 12.3. The van der Waals surface area contributed by atoms with E-state index in [2.05, 4.69) is 65.1 Å². The number of hydrogen-bond donors (Lipinski definition) is 4. The molecule has 132 valence electrons. The van der Waals surface area contributed by atoms with Gasteiger partial charge in [-0.2, -0.15) is 0 Å². The molecule has 0 unspecified atom stereocenters. The summed E-state index contributed by atoms with van der Waals surface area (Å²) in [5, 5.41) is 11.3. The van der Waals surface area contributed by atoms with Gasteiger partial charge in [0.1, 0.15) is 0 Å². The average molecular weight is 368 g/mol. The highest BCUT2D eigenvalue weighted by Crippen LogP contribution is 2.13. The lowest BCUT2D eigenvalue weighted by Gasteiger charge is -2.00. The molecule has 0 aliphatic carbocycles. The second-order valence-corrected chi connectivity index (χ2v) is 5.93. The Labute approximate surface area is 154 Å². The van der Waals surface area contributed by atoms with Crippen LogP contribution in [0.4, 0.5) is 0 Å². The van der Waals surface area contributed by atoms with E-state index in [1.807, 2.05) is 11.3 Å². The molecule has 0 fully saturated rings. The maximum Gasteiger partial charge on any atom is 0.195 e. The molecule has 0 saturated carbocycles. The van der Waals surface area contributed by atoms with Crippen LogP contribution in [0.2, 0.25) is 0 Å². The molecular weight excluding hydrogens is 342 g/mol. The monoisotopic (exact) mass is 367 g/mol. The Morgan fingerprint density at radius 3 is 2.42 bits per heavy atom. The minimum Gasteiger partial charge on any atom is -0.370 e. The Morgan fingerprint density at radius 1 is 1.17 bits per heavy atom. The second kappa shape index (κ2) is 13.4. The molecule has 0 bridgehead atoms. The number of hydrogen-bond acceptors (Lipinski definition) is 3. The maximum absolute atomic E-state index is 6.81. The van der Waals surface area contributed by atoms with Gasteiger partial charge >= 0.3 is 0 Å². The number of unbranched alkanes of at least 4 members (excludes halogenated alkanes) is 1. The molecule has 0 aliphatic heterocycles. The molecule has 0 spiro atoms. The lowest BCUT2D eigenvalue weighted by molar-refractivity contribution is 0.804.